The first kappa shape index (κ1) is 10.7. The van der Waals surface area contributed by atoms with Gasteiger partial charge in [-0.25, -0.2) is 4.90 Å². The fourth-order valence-corrected chi connectivity index (χ4v) is 1.64. The lowest BCUT2D eigenvalue weighted by molar-refractivity contribution is -0.120. The van der Waals surface area contributed by atoms with Gasteiger partial charge in [-0.2, -0.15) is 0 Å². The predicted octanol–water partition coefficient (Wildman–Crippen LogP) is 1.87. The van der Waals surface area contributed by atoms with Crippen molar-refractivity contribution in [3.63, 3.8) is 0 Å². The number of phenols is 1. The number of halogens is 1. The lowest BCUT2D eigenvalue weighted by atomic mass is 10.2. The Bertz CT molecular complexity index is 522. The van der Waals surface area contributed by atoms with Crippen molar-refractivity contribution in [2.24, 2.45) is 0 Å². The molecule has 16 heavy (non-hydrogen) atoms. The molecule has 0 spiro atoms. The fraction of sp³-hybridized carbons (Fsp3) is 0.0909. The van der Waals surface area contributed by atoms with E-state index in [1.807, 2.05) is 0 Å². The van der Waals surface area contributed by atoms with E-state index < -0.39 is 5.91 Å². The van der Waals surface area contributed by atoms with Crippen LogP contribution in [0.3, 0.4) is 0 Å². The number of rotatable bonds is 1. The number of aromatic hydroxyl groups is 1. The first-order valence-corrected chi connectivity index (χ1v) is 4.94. The zero-order valence-corrected chi connectivity index (χ0v) is 9.15. The standard InChI is InChI=1S/C11H8ClNO3/c1-6-4-10(15)13(11(6)16)7-2-3-9(14)8(12)5-7/h2-5,14H,1H3. The maximum atomic E-state index is 11.6. The number of benzene rings is 1. The normalized spacial score (nSPS) is 15.6. The molecule has 1 aromatic carbocycles. The van der Waals surface area contributed by atoms with Crippen LogP contribution in [0.2, 0.25) is 5.02 Å². The van der Waals surface area contributed by atoms with Gasteiger partial charge in [0.05, 0.1) is 10.7 Å². The predicted molar refractivity (Wildman–Crippen MR) is 59.4 cm³/mol. The third-order valence-electron chi connectivity index (χ3n) is 2.29. The molecule has 4 nitrogen and oxygen atoms in total. The van der Waals surface area contributed by atoms with Crippen molar-refractivity contribution in [2.75, 3.05) is 4.90 Å². The summed E-state index contributed by atoms with van der Waals surface area (Å²) in [6, 6.07) is 4.18. The largest absolute Gasteiger partial charge is 0.506 e. The summed E-state index contributed by atoms with van der Waals surface area (Å²) in [5, 5.41) is 9.34. The molecule has 1 heterocycles. The summed E-state index contributed by atoms with van der Waals surface area (Å²) in [5.41, 5.74) is 0.736. The Morgan fingerprint density at radius 2 is 2.00 bits per heavy atom. The van der Waals surface area contributed by atoms with Crippen LogP contribution >= 0.6 is 11.6 Å². The second-order valence-electron chi connectivity index (χ2n) is 3.44. The van der Waals surface area contributed by atoms with Gasteiger partial charge in [0, 0.05) is 11.6 Å². The van der Waals surface area contributed by atoms with Crippen LogP contribution in [0.4, 0.5) is 5.69 Å². The molecule has 2 rings (SSSR count). The smallest absolute Gasteiger partial charge is 0.261 e. The molecule has 0 bridgehead atoms. The summed E-state index contributed by atoms with van der Waals surface area (Å²) >= 11 is 5.71. The van der Waals surface area contributed by atoms with Gasteiger partial charge in [0.2, 0.25) is 0 Å². The highest BCUT2D eigenvalue weighted by Gasteiger charge is 2.29. The lowest BCUT2D eigenvalue weighted by Gasteiger charge is -2.14. The van der Waals surface area contributed by atoms with Crippen molar-refractivity contribution in [3.8, 4) is 5.75 Å². The van der Waals surface area contributed by atoms with Crippen LogP contribution in [0.1, 0.15) is 6.92 Å². The van der Waals surface area contributed by atoms with E-state index in [1.54, 1.807) is 6.92 Å². The monoisotopic (exact) mass is 237 g/mol. The highest BCUT2D eigenvalue weighted by Crippen LogP contribution is 2.30. The van der Waals surface area contributed by atoms with Crippen LogP contribution in [0.15, 0.2) is 29.8 Å². The molecular weight excluding hydrogens is 230 g/mol. The van der Waals surface area contributed by atoms with E-state index in [1.165, 1.54) is 24.3 Å². The Hall–Kier alpha value is -1.81. The van der Waals surface area contributed by atoms with Crippen LogP contribution in [0.5, 0.6) is 5.75 Å². The van der Waals surface area contributed by atoms with Crippen molar-refractivity contribution < 1.29 is 14.7 Å². The van der Waals surface area contributed by atoms with Gasteiger partial charge in [0.1, 0.15) is 5.75 Å². The van der Waals surface area contributed by atoms with Gasteiger partial charge in [-0.15, -0.1) is 0 Å². The molecule has 0 atom stereocenters. The van der Waals surface area contributed by atoms with E-state index in [0.29, 0.717) is 11.3 Å². The third-order valence-corrected chi connectivity index (χ3v) is 2.59. The van der Waals surface area contributed by atoms with Crippen molar-refractivity contribution >= 4 is 29.1 Å². The Kier molecular flexibility index (Phi) is 2.44. The summed E-state index contributed by atoms with van der Waals surface area (Å²) in [4.78, 5) is 24.2. The first-order chi connectivity index (χ1) is 7.50. The Balaban J connectivity index is 2.43. The van der Waals surface area contributed by atoms with Crippen LogP contribution < -0.4 is 4.90 Å². The molecule has 0 unspecified atom stereocenters. The second-order valence-corrected chi connectivity index (χ2v) is 3.85. The molecule has 0 saturated carbocycles. The Labute approximate surface area is 96.7 Å². The molecule has 1 aliphatic rings. The minimum absolute atomic E-state index is 0.0887. The number of hydrogen-bond donors (Lipinski definition) is 1. The fourth-order valence-electron chi connectivity index (χ4n) is 1.47. The second kappa shape index (κ2) is 3.64. The van der Waals surface area contributed by atoms with E-state index in [4.69, 9.17) is 11.6 Å². The van der Waals surface area contributed by atoms with E-state index in [2.05, 4.69) is 0 Å². The molecule has 2 amide bonds. The molecule has 0 fully saturated rings. The average Bonchev–Trinajstić information content (AvgIpc) is 2.47. The number of anilines is 1. The van der Waals surface area contributed by atoms with Gasteiger partial charge in [0.25, 0.3) is 11.8 Å². The molecule has 0 saturated heterocycles. The molecule has 0 aliphatic carbocycles. The quantitative estimate of drug-likeness (QED) is 0.759. The molecular formula is C11H8ClNO3. The molecule has 82 valence electrons. The lowest BCUT2D eigenvalue weighted by Crippen LogP contribution is -2.30. The van der Waals surface area contributed by atoms with Crippen LogP contribution in [0, 0.1) is 0 Å². The van der Waals surface area contributed by atoms with E-state index in [0.717, 1.165) is 4.90 Å². The topological polar surface area (TPSA) is 57.6 Å². The number of carbonyl (C=O) groups is 2. The minimum Gasteiger partial charge on any atom is -0.506 e. The van der Waals surface area contributed by atoms with Crippen LogP contribution in [0.25, 0.3) is 0 Å². The van der Waals surface area contributed by atoms with E-state index in [-0.39, 0.29) is 16.7 Å². The molecule has 1 aromatic rings. The van der Waals surface area contributed by atoms with Crippen molar-refractivity contribution in [3.05, 3.63) is 34.9 Å². The van der Waals surface area contributed by atoms with Crippen LogP contribution in [-0.2, 0) is 9.59 Å². The Morgan fingerprint density at radius 3 is 2.50 bits per heavy atom. The number of phenolic OH excluding ortho intramolecular Hbond substituents is 1. The highest BCUT2D eigenvalue weighted by molar-refractivity contribution is 6.34. The number of hydrogen-bond acceptors (Lipinski definition) is 3. The Morgan fingerprint density at radius 1 is 1.31 bits per heavy atom. The third kappa shape index (κ3) is 1.57. The SMILES string of the molecule is CC1=CC(=O)N(c2ccc(O)c(Cl)c2)C1=O. The average molecular weight is 238 g/mol. The summed E-state index contributed by atoms with van der Waals surface area (Å²) in [6.45, 7) is 1.57. The molecule has 5 heteroatoms. The maximum Gasteiger partial charge on any atom is 0.261 e. The van der Waals surface area contributed by atoms with Gasteiger partial charge in [-0.1, -0.05) is 11.6 Å². The number of amides is 2. The van der Waals surface area contributed by atoms with Gasteiger partial charge in [-0.3, -0.25) is 9.59 Å². The molecule has 0 radical (unpaired) electrons. The number of imide groups is 1. The van der Waals surface area contributed by atoms with Gasteiger partial charge in [-0.05, 0) is 25.1 Å². The summed E-state index contributed by atoms with van der Waals surface area (Å²) in [6.07, 6.45) is 1.27. The van der Waals surface area contributed by atoms with Crippen molar-refractivity contribution in [1.29, 1.82) is 0 Å². The molecule has 1 aliphatic heterocycles. The van der Waals surface area contributed by atoms with Crippen LogP contribution in [-0.4, -0.2) is 16.9 Å². The molecule has 0 aromatic heterocycles. The van der Waals surface area contributed by atoms with Crippen molar-refractivity contribution in [1.82, 2.24) is 0 Å². The van der Waals surface area contributed by atoms with Gasteiger partial charge >= 0.3 is 0 Å². The van der Waals surface area contributed by atoms with Gasteiger partial charge in [0.15, 0.2) is 0 Å². The summed E-state index contributed by atoms with van der Waals surface area (Å²) in [7, 11) is 0. The number of carbonyl (C=O) groups excluding carboxylic acids is 2. The van der Waals surface area contributed by atoms with E-state index in [9.17, 15) is 14.7 Å². The number of nitrogens with zero attached hydrogens (tertiary/aromatic N) is 1. The van der Waals surface area contributed by atoms with Gasteiger partial charge < -0.3 is 5.11 Å². The maximum absolute atomic E-state index is 11.6. The summed E-state index contributed by atoms with van der Waals surface area (Å²) in [5.74, 6) is -0.856. The van der Waals surface area contributed by atoms with E-state index >= 15 is 0 Å². The zero-order chi connectivity index (χ0) is 11.9. The zero-order valence-electron chi connectivity index (χ0n) is 8.40. The summed E-state index contributed by atoms with van der Waals surface area (Å²) < 4.78 is 0. The van der Waals surface area contributed by atoms with Crippen molar-refractivity contribution in [2.45, 2.75) is 6.92 Å². The first-order valence-electron chi connectivity index (χ1n) is 4.56. The highest BCUT2D eigenvalue weighted by atomic mass is 35.5. The molecule has 1 N–H and O–H groups in total. The minimum atomic E-state index is -0.399.